The number of halogens is 3. The van der Waals surface area contributed by atoms with Crippen LogP contribution in [0.5, 0.6) is 5.75 Å². The van der Waals surface area contributed by atoms with E-state index < -0.39 is 6.36 Å². The standard InChI is InChI=1S/C17H12F3N3O/c18-17(19,20)24-15-7-2-1-6-13(15)11-4-3-5-12(10-11)14-8-9-22-16(21)23-14/h1-10H,(H2,21,22,23). The number of alkyl halides is 3. The van der Waals surface area contributed by atoms with Gasteiger partial charge >= 0.3 is 6.36 Å². The lowest BCUT2D eigenvalue weighted by Crippen LogP contribution is -2.17. The second kappa shape index (κ2) is 6.19. The van der Waals surface area contributed by atoms with Crippen LogP contribution in [-0.4, -0.2) is 16.3 Å². The fourth-order valence-corrected chi connectivity index (χ4v) is 2.30. The number of hydrogen-bond donors (Lipinski definition) is 1. The number of para-hydroxylation sites is 1. The lowest BCUT2D eigenvalue weighted by Gasteiger charge is -2.14. The van der Waals surface area contributed by atoms with Crippen LogP contribution in [0.4, 0.5) is 19.1 Å². The number of nitrogen functional groups attached to an aromatic ring is 1. The molecule has 1 aromatic heterocycles. The van der Waals surface area contributed by atoms with Gasteiger partial charge in [-0.25, -0.2) is 9.97 Å². The molecule has 2 aromatic carbocycles. The van der Waals surface area contributed by atoms with Crippen LogP contribution in [0.15, 0.2) is 60.8 Å². The zero-order valence-electron chi connectivity index (χ0n) is 12.3. The Labute approximate surface area is 135 Å². The molecule has 122 valence electrons. The third-order valence-corrected chi connectivity index (χ3v) is 3.26. The third kappa shape index (κ3) is 3.62. The normalized spacial score (nSPS) is 11.3. The Morgan fingerprint density at radius 3 is 2.42 bits per heavy atom. The van der Waals surface area contributed by atoms with E-state index in [9.17, 15) is 13.2 Å². The summed E-state index contributed by atoms with van der Waals surface area (Å²) < 4.78 is 41.8. The van der Waals surface area contributed by atoms with Crippen LogP contribution in [0.25, 0.3) is 22.4 Å². The summed E-state index contributed by atoms with van der Waals surface area (Å²) in [5.41, 5.74) is 7.77. The summed E-state index contributed by atoms with van der Waals surface area (Å²) >= 11 is 0. The van der Waals surface area contributed by atoms with Crippen molar-refractivity contribution in [3.8, 4) is 28.1 Å². The van der Waals surface area contributed by atoms with E-state index in [4.69, 9.17) is 5.73 Å². The molecule has 0 atom stereocenters. The van der Waals surface area contributed by atoms with Crippen LogP contribution >= 0.6 is 0 Å². The molecule has 0 amide bonds. The minimum Gasteiger partial charge on any atom is -0.405 e. The number of aromatic nitrogens is 2. The van der Waals surface area contributed by atoms with Gasteiger partial charge in [0.15, 0.2) is 0 Å². The Hall–Kier alpha value is -3.09. The van der Waals surface area contributed by atoms with E-state index in [-0.39, 0.29) is 11.7 Å². The van der Waals surface area contributed by atoms with Gasteiger partial charge in [-0.3, -0.25) is 0 Å². The molecule has 3 aromatic rings. The summed E-state index contributed by atoms with van der Waals surface area (Å²) in [7, 11) is 0. The van der Waals surface area contributed by atoms with Gasteiger partial charge < -0.3 is 10.5 Å². The highest BCUT2D eigenvalue weighted by Crippen LogP contribution is 2.35. The maximum Gasteiger partial charge on any atom is 0.573 e. The van der Waals surface area contributed by atoms with Crippen LogP contribution in [0.2, 0.25) is 0 Å². The number of nitrogens with two attached hydrogens (primary N) is 1. The van der Waals surface area contributed by atoms with E-state index in [1.165, 1.54) is 18.3 Å². The van der Waals surface area contributed by atoms with Gasteiger partial charge in [-0.2, -0.15) is 0 Å². The molecule has 24 heavy (non-hydrogen) atoms. The summed E-state index contributed by atoms with van der Waals surface area (Å²) in [6.07, 6.45) is -3.24. The van der Waals surface area contributed by atoms with E-state index in [0.29, 0.717) is 22.4 Å². The molecular formula is C17H12F3N3O. The van der Waals surface area contributed by atoms with E-state index in [2.05, 4.69) is 14.7 Å². The highest BCUT2D eigenvalue weighted by Gasteiger charge is 2.32. The smallest absolute Gasteiger partial charge is 0.405 e. The van der Waals surface area contributed by atoms with Crippen molar-refractivity contribution >= 4 is 5.95 Å². The molecule has 2 N–H and O–H groups in total. The van der Waals surface area contributed by atoms with E-state index in [1.54, 1.807) is 42.5 Å². The largest absolute Gasteiger partial charge is 0.573 e. The lowest BCUT2D eigenvalue weighted by molar-refractivity contribution is -0.274. The molecule has 0 aliphatic rings. The predicted octanol–water partition coefficient (Wildman–Crippen LogP) is 4.29. The minimum absolute atomic E-state index is 0.124. The molecule has 0 aliphatic carbocycles. The molecule has 0 fully saturated rings. The van der Waals surface area contributed by atoms with Gasteiger partial charge in [0.05, 0.1) is 5.69 Å². The zero-order chi connectivity index (χ0) is 17.2. The second-order valence-corrected chi connectivity index (χ2v) is 4.92. The van der Waals surface area contributed by atoms with Crippen molar-refractivity contribution in [2.75, 3.05) is 5.73 Å². The SMILES string of the molecule is Nc1nccc(-c2cccc(-c3ccccc3OC(F)(F)F)c2)n1. The van der Waals surface area contributed by atoms with Gasteiger partial charge in [-0.1, -0.05) is 36.4 Å². The summed E-state index contributed by atoms with van der Waals surface area (Å²) in [5.74, 6) is -0.136. The monoisotopic (exact) mass is 331 g/mol. The fourth-order valence-electron chi connectivity index (χ4n) is 2.30. The lowest BCUT2D eigenvalue weighted by atomic mass is 10.0. The number of rotatable bonds is 3. The van der Waals surface area contributed by atoms with Gasteiger partial charge in [0.25, 0.3) is 0 Å². The maximum absolute atomic E-state index is 12.6. The Balaban J connectivity index is 2.04. The molecule has 0 saturated carbocycles. The molecule has 0 spiro atoms. The summed E-state index contributed by atoms with van der Waals surface area (Å²) in [6.45, 7) is 0. The first-order chi connectivity index (χ1) is 11.4. The molecule has 0 saturated heterocycles. The van der Waals surface area contributed by atoms with Crippen LogP contribution in [-0.2, 0) is 0 Å². The highest BCUT2D eigenvalue weighted by molar-refractivity contribution is 5.75. The molecule has 3 rings (SSSR count). The van der Waals surface area contributed by atoms with Crippen molar-refractivity contribution in [2.24, 2.45) is 0 Å². The molecule has 1 heterocycles. The molecular weight excluding hydrogens is 319 g/mol. The first-order valence-corrected chi connectivity index (χ1v) is 6.96. The quantitative estimate of drug-likeness (QED) is 0.778. The van der Waals surface area contributed by atoms with Crippen LogP contribution < -0.4 is 10.5 Å². The number of nitrogens with zero attached hydrogens (tertiary/aromatic N) is 2. The van der Waals surface area contributed by atoms with E-state index in [1.807, 2.05) is 0 Å². The van der Waals surface area contributed by atoms with Gasteiger partial charge in [-0.05, 0) is 23.8 Å². The predicted molar refractivity (Wildman–Crippen MR) is 84.0 cm³/mol. The number of ether oxygens (including phenoxy) is 1. The van der Waals surface area contributed by atoms with Crippen molar-refractivity contribution in [3.63, 3.8) is 0 Å². The number of hydrogen-bond acceptors (Lipinski definition) is 4. The molecule has 7 heteroatoms. The van der Waals surface area contributed by atoms with Gasteiger partial charge in [-0.15, -0.1) is 13.2 Å². The summed E-state index contributed by atoms with van der Waals surface area (Å²) in [5, 5.41) is 0. The fraction of sp³-hybridized carbons (Fsp3) is 0.0588. The molecule has 0 unspecified atom stereocenters. The van der Waals surface area contributed by atoms with Crippen molar-refractivity contribution in [2.45, 2.75) is 6.36 Å². The maximum atomic E-state index is 12.6. The average molecular weight is 331 g/mol. The zero-order valence-corrected chi connectivity index (χ0v) is 12.3. The number of anilines is 1. The van der Waals surface area contributed by atoms with Crippen LogP contribution in [0.3, 0.4) is 0 Å². The average Bonchev–Trinajstić information content (AvgIpc) is 2.54. The van der Waals surface area contributed by atoms with Crippen molar-refractivity contribution in [3.05, 3.63) is 60.8 Å². The minimum atomic E-state index is -4.76. The van der Waals surface area contributed by atoms with Crippen LogP contribution in [0, 0.1) is 0 Å². The van der Waals surface area contributed by atoms with Gasteiger partial charge in [0.1, 0.15) is 5.75 Å². The Bertz CT molecular complexity index is 865. The Kier molecular flexibility index (Phi) is 4.07. The molecule has 0 radical (unpaired) electrons. The summed E-state index contributed by atoms with van der Waals surface area (Å²) in [6, 6.07) is 14.6. The third-order valence-electron chi connectivity index (χ3n) is 3.26. The summed E-state index contributed by atoms with van der Waals surface area (Å²) in [4.78, 5) is 7.94. The first kappa shape index (κ1) is 15.8. The van der Waals surface area contributed by atoms with Crippen LogP contribution in [0.1, 0.15) is 0 Å². The topological polar surface area (TPSA) is 61.0 Å². The Morgan fingerprint density at radius 2 is 1.67 bits per heavy atom. The van der Waals surface area contributed by atoms with Crippen molar-refractivity contribution in [1.29, 1.82) is 0 Å². The van der Waals surface area contributed by atoms with Gasteiger partial charge in [0, 0.05) is 17.3 Å². The number of benzene rings is 2. The van der Waals surface area contributed by atoms with Crippen molar-refractivity contribution < 1.29 is 17.9 Å². The molecule has 0 bridgehead atoms. The first-order valence-electron chi connectivity index (χ1n) is 6.96. The van der Waals surface area contributed by atoms with Crippen molar-refractivity contribution in [1.82, 2.24) is 9.97 Å². The second-order valence-electron chi connectivity index (χ2n) is 4.92. The molecule has 4 nitrogen and oxygen atoms in total. The van der Waals surface area contributed by atoms with E-state index >= 15 is 0 Å². The van der Waals surface area contributed by atoms with Gasteiger partial charge in [0.2, 0.25) is 5.95 Å². The highest BCUT2D eigenvalue weighted by atomic mass is 19.4. The Morgan fingerprint density at radius 1 is 0.917 bits per heavy atom. The molecule has 0 aliphatic heterocycles. The van der Waals surface area contributed by atoms with E-state index in [0.717, 1.165) is 0 Å².